The molecule has 1 aromatic carbocycles. The van der Waals surface area contributed by atoms with E-state index in [2.05, 4.69) is 15.3 Å². The monoisotopic (exact) mass is 302 g/mol. The lowest BCUT2D eigenvalue weighted by Crippen LogP contribution is -2.22. The van der Waals surface area contributed by atoms with Crippen molar-refractivity contribution in [2.75, 3.05) is 11.9 Å². The first kappa shape index (κ1) is 13.4. The second kappa shape index (κ2) is 5.45. The highest BCUT2D eigenvalue weighted by Crippen LogP contribution is 2.36. The molecule has 0 saturated carbocycles. The van der Waals surface area contributed by atoms with Gasteiger partial charge in [-0.15, -0.1) is 11.3 Å². The van der Waals surface area contributed by atoms with Crippen molar-refractivity contribution in [1.82, 2.24) is 9.97 Å². The number of rotatable bonds is 4. The Morgan fingerprint density at radius 3 is 2.76 bits per heavy atom. The fraction of sp³-hybridized carbons (Fsp3) is 0.0714. The SMILES string of the molecule is NC(=O)CNc1ncnc2scc(-c3ccc(F)cc3)c12. The maximum absolute atomic E-state index is 13.0. The van der Waals surface area contributed by atoms with Crippen molar-refractivity contribution in [2.24, 2.45) is 5.73 Å². The smallest absolute Gasteiger partial charge is 0.236 e. The van der Waals surface area contributed by atoms with Crippen LogP contribution >= 0.6 is 11.3 Å². The Morgan fingerprint density at radius 2 is 2.05 bits per heavy atom. The Morgan fingerprint density at radius 1 is 1.29 bits per heavy atom. The number of hydrogen-bond donors (Lipinski definition) is 2. The molecule has 0 fully saturated rings. The molecule has 3 N–H and O–H groups in total. The lowest BCUT2D eigenvalue weighted by atomic mass is 10.1. The first-order valence-electron chi connectivity index (χ1n) is 6.15. The van der Waals surface area contributed by atoms with Crippen molar-refractivity contribution >= 4 is 33.3 Å². The van der Waals surface area contributed by atoms with E-state index in [1.54, 1.807) is 12.1 Å². The van der Waals surface area contributed by atoms with Crippen LogP contribution in [0.15, 0.2) is 36.0 Å². The number of hydrogen-bond acceptors (Lipinski definition) is 5. The van der Waals surface area contributed by atoms with Crippen LogP contribution in [0.5, 0.6) is 0 Å². The lowest BCUT2D eigenvalue weighted by molar-refractivity contribution is -0.116. The minimum Gasteiger partial charge on any atom is -0.368 e. The van der Waals surface area contributed by atoms with Gasteiger partial charge in [0.05, 0.1) is 11.9 Å². The highest BCUT2D eigenvalue weighted by molar-refractivity contribution is 7.17. The van der Waals surface area contributed by atoms with Crippen LogP contribution in [0.25, 0.3) is 21.3 Å². The van der Waals surface area contributed by atoms with E-state index in [1.807, 2.05) is 5.38 Å². The molecule has 5 nitrogen and oxygen atoms in total. The molecule has 0 aliphatic rings. The highest BCUT2D eigenvalue weighted by Gasteiger charge is 2.13. The Kier molecular flexibility index (Phi) is 3.49. The summed E-state index contributed by atoms with van der Waals surface area (Å²) >= 11 is 1.46. The molecule has 2 heterocycles. The molecular formula is C14H11FN4OS. The van der Waals surface area contributed by atoms with E-state index in [9.17, 15) is 9.18 Å². The number of halogens is 1. The number of nitrogens with one attached hydrogen (secondary N) is 1. The Bertz CT molecular complexity index is 800. The molecular weight excluding hydrogens is 291 g/mol. The summed E-state index contributed by atoms with van der Waals surface area (Å²) in [6.07, 6.45) is 1.43. The summed E-state index contributed by atoms with van der Waals surface area (Å²) in [5.41, 5.74) is 6.89. The van der Waals surface area contributed by atoms with Gasteiger partial charge in [-0.05, 0) is 17.7 Å². The van der Waals surface area contributed by atoms with Gasteiger partial charge in [0.25, 0.3) is 0 Å². The van der Waals surface area contributed by atoms with Crippen molar-refractivity contribution < 1.29 is 9.18 Å². The summed E-state index contributed by atoms with van der Waals surface area (Å²) in [5, 5.41) is 5.64. The molecule has 21 heavy (non-hydrogen) atoms. The third kappa shape index (κ3) is 2.68. The van der Waals surface area contributed by atoms with Crippen LogP contribution in [0, 0.1) is 5.82 Å². The van der Waals surface area contributed by atoms with Crippen LogP contribution in [0.4, 0.5) is 10.2 Å². The molecule has 0 unspecified atom stereocenters. The predicted molar refractivity (Wildman–Crippen MR) is 80.5 cm³/mol. The number of carbonyl (C=O) groups is 1. The lowest BCUT2D eigenvalue weighted by Gasteiger charge is -2.06. The molecule has 7 heteroatoms. The van der Waals surface area contributed by atoms with E-state index in [0.29, 0.717) is 5.82 Å². The number of anilines is 1. The number of thiophene rings is 1. The van der Waals surface area contributed by atoms with Crippen LogP contribution in [-0.4, -0.2) is 22.4 Å². The molecule has 3 aromatic rings. The average Bonchev–Trinajstić information content (AvgIpc) is 2.90. The third-order valence-corrected chi connectivity index (χ3v) is 3.84. The zero-order valence-corrected chi connectivity index (χ0v) is 11.7. The maximum atomic E-state index is 13.0. The molecule has 0 atom stereocenters. The van der Waals surface area contributed by atoms with Gasteiger partial charge in [0.15, 0.2) is 0 Å². The van der Waals surface area contributed by atoms with Gasteiger partial charge in [-0.2, -0.15) is 0 Å². The number of fused-ring (bicyclic) bond motifs is 1. The van der Waals surface area contributed by atoms with Gasteiger partial charge in [-0.1, -0.05) is 12.1 Å². The van der Waals surface area contributed by atoms with Gasteiger partial charge >= 0.3 is 0 Å². The molecule has 0 aliphatic carbocycles. The second-order valence-corrected chi connectivity index (χ2v) is 5.24. The fourth-order valence-electron chi connectivity index (χ4n) is 2.02. The zero-order chi connectivity index (χ0) is 14.8. The van der Waals surface area contributed by atoms with E-state index in [1.165, 1.54) is 29.8 Å². The molecule has 1 amide bonds. The van der Waals surface area contributed by atoms with E-state index in [0.717, 1.165) is 21.3 Å². The molecule has 0 bridgehead atoms. The molecule has 0 spiro atoms. The van der Waals surface area contributed by atoms with Crippen molar-refractivity contribution in [3.05, 3.63) is 41.8 Å². The quantitative estimate of drug-likeness (QED) is 0.775. The highest BCUT2D eigenvalue weighted by atomic mass is 32.1. The summed E-state index contributed by atoms with van der Waals surface area (Å²) in [5.74, 6) is -0.221. The average molecular weight is 302 g/mol. The summed E-state index contributed by atoms with van der Waals surface area (Å²) in [7, 11) is 0. The van der Waals surface area contributed by atoms with Crippen LogP contribution in [-0.2, 0) is 4.79 Å². The van der Waals surface area contributed by atoms with Crippen molar-refractivity contribution in [2.45, 2.75) is 0 Å². The number of aromatic nitrogens is 2. The summed E-state index contributed by atoms with van der Waals surface area (Å²) in [6, 6.07) is 6.20. The Balaban J connectivity index is 2.10. The second-order valence-electron chi connectivity index (χ2n) is 4.38. The largest absolute Gasteiger partial charge is 0.368 e. The number of nitrogens with zero attached hydrogens (tertiary/aromatic N) is 2. The fourth-order valence-corrected chi connectivity index (χ4v) is 2.94. The van der Waals surface area contributed by atoms with Crippen molar-refractivity contribution in [1.29, 1.82) is 0 Å². The van der Waals surface area contributed by atoms with Gasteiger partial charge in [-0.25, -0.2) is 14.4 Å². The molecule has 106 valence electrons. The van der Waals surface area contributed by atoms with Gasteiger partial charge in [-0.3, -0.25) is 4.79 Å². The van der Waals surface area contributed by atoms with E-state index in [-0.39, 0.29) is 12.4 Å². The number of amides is 1. The number of benzene rings is 1. The topological polar surface area (TPSA) is 80.9 Å². The van der Waals surface area contributed by atoms with Gasteiger partial charge in [0.1, 0.15) is 22.8 Å². The van der Waals surface area contributed by atoms with Gasteiger partial charge in [0.2, 0.25) is 5.91 Å². The van der Waals surface area contributed by atoms with Crippen LogP contribution < -0.4 is 11.1 Å². The molecule has 2 aromatic heterocycles. The van der Waals surface area contributed by atoms with Crippen molar-refractivity contribution in [3.63, 3.8) is 0 Å². The molecule has 0 saturated heterocycles. The zero-order valence-electron chi connectivity index (χ0n) is 10.8. The standard InChI is InChI=1S/C14H11FN4OS/c15-9-3-1-8(2-4-9)10-6-21-14-12(10)13(18-7-19-14)17-5-11(16)20/h1-4,6-7H,5H2,(H2,16,20)(H,17,18,19). The minimum atomic E-state index is -0.472. The number of primary amides is 1. The van der Waals surface area contributed by atoms with Gasteiger partial charge < -0.3 is 11.1 Å². The van der Waals surface area contributed by atoms with Crippen LogP contribution in [0.3, 0.4) is 0 Å². The number of carbonyl (C=O) groups excluding carboxylic acids is 1. The van der Waals surface area contributed by atoms with E-state index < -0.39 is 5.91 Å². The maximum Gasteiger partial charge on any atom is 0.236 e. The summed E-state index contributed by atoms with van der Waals surface area (Å²) in [6.45, 7) is -0.00911. The predicted octanol–water partition coefficient (Wildman–Crippen LogP) is 2.39. The number of nitrogens with two attached hydrogens (primary N) is 1. The summed E-state index contributed by atoms with van der Waals surface area (Å²) < 4.78 is 13.0. The first-order valence-corrected chi connectivity index (χ1v) is 7.03. The molecule has 0 radical (unpaired) electrons. The summed E-state index contributed by atoms with van der Waals surface area (Å²) in [4.78, 5) is 20.1. The molecule has 3 rings (SSSR count). The van der Waals surface area contributed by atoms with Crippen LogP contribution in [0.1, 0.15) is 0 Å². The normalized spacial score (nSPS) is 10.7. The third-order valence-electron chi connectivity index (χ3n) is 2.96. The van der Waals surface area contributed by atoms with E-state index in [4.69, 9.17) is 5.73 Å². The molecule has 0 aliphatic heterocycles. The Hall–Kier alpha value is -2.54. The minimum absolute atomic E-state index is 0.00911. The van der Waals surface area contributed by atoms with Crippen LogP contribution in [0.2, 0.25) is 0 Å². The van der Waals surface area contributed by atoms with E-state index >= 15 is 0 Å². The van der Waals surface area contributed by atoms with Crippen molar-refractivity contribution in [3.8, 4) is 11.1 Å². The Labute approximate surface area is 123 Å². The first-order chi connectivity index (χ1) is 10.1. The van der Waals surface area contributed by atoms with Gasteiger partial charge in [0, 0.05) is 10.9 Å².